The zero-order valence-electron chi connectivity index (χ0n) is 5.05. The molecule has 2 unspecified atom stereocenters. The molecule has 10 heavy (non-hydrogen) atoms. The van der Waals surface area contributed by atoms with E-state index in [9.17, 15) is 4.79 Å². The van der Waals surface area contributed by atoms with E-state index in [1.807, 2.05) is 0 Å². The minimum atomic E-state index is -0.790. The molecule has 56 valence electrons. The van der Waals surface area contributed by atoms with Crippen molar-refractivity contribution in [3.8, 4) is 0 Å². The van der Waals surface area contributed by atoms with Crippen molar-refractivity contribution in [1.82, 2.24) is 0 Å². The van der Waals surface area contributed by atoms with Crippen LogP contribution in [0, 0.1) is 11.8 Å². The van der Waals surface area contributed by atoms with Crippen molar-refractivity contribution in [2.24, 2.45) is 11.8 Å². The molecule has 1 rings (SSSR count). The van der Waals surface area contributed by atoms with E-state index in [-0.39, 0.29) is 11.8 Å². The Balaban J connectivity index is 2.46. The smallest absolute Gasteiger partial charge is 0.307 e. The van der Waals surface area contributed by atoms with Crippen molar-refractivity contribution < 1.29 is 9.90 Å². The molecular weight excluding hydrogens is 175 g/mol. The van der Waals surface area contributed by atoms with Crippen LogP contribution >= 0.6 is 23.2 Å². The maximum Gasteiger partial charge on any atom is 0.307 e. The predicted octanol–water partition coefficient (Wildman–Crippen LogP) is 2.03. The van der Waals surface area contributed by atoms with E-state index in [1.165, 1.54) is 5.54 Å². The molecule has 0 spiro atoms. The Morgan fingerprint density at radius 3 is 2.50 bits per heavy atom. The molecule has 0 aliphatic heterocycles. The van der Waals surface area contributed by atoms with Crippen LogP contribution in [0.1, 0.15) is 6.42 Å². The highest BCUT2D eigenvalue weighted by atomic mass is 35.5. The van der Waals surface area contributed by atoms with Gasteiger partial charge in [0.05, 0.1) is 5.92 Å². The van der Waals surface area contributed by atoms with E-state index >= 15 is 0 Å². The van der Waals surface area contributed by atoms with Gasteiger partial charge in [-0.05, 0) is 6.42 Å². The second-order valence-corrected chi connectivity index (χ2v) is 2.94. The van der Waals surface area contributed by atoms with E-state index in [0.717, 1.165) is 0 Å². The third-order valence-electron chi connectivity index (χ3n) is 1.57. The first-order chi connectivity index (χ1) is 4.66. The zero-order valence-corrected chi connectivity index (χ0v) is 6.56. The quantitative estimate of drug-likeness (QED) is 0.707. The highest BCUT2D eigenvalue weighted by Gasteiger charge is 2.44. The molecule has 0 heterocycles. The SMILES string of the molecule is O=C(O)C1CC1/C(Cl)=C/Cl. The molecule has 1 aliphatic rings. The van der Waals surface area contributed by atoms with Crippen molar-refractivity contribution in [2.45, 2.75) is 6.42 Å². The number of rotatable bonds is 2. The Bertz CT molecular complexity index is 188. The number of carboxylic acids is 1. The summed E-state index contributed by atoms with van der Waals surface area (Å²) in [7, 11) is 0. The van der Waals surface area contributed by atoms with E-state index in [0.29, 0.717) is 11.5 Å². The molecule has 0 amide bonds. The van der Waals surface area contributed by atoms with Gasteiger partial charge in [-0.2, -0.15) is 0 Å². The van der Waals surface area contributed by atoms with Crippen LogP contribution in [0.4, 0.5) is 0 Å². The number of halogens is 2. The van der Waals surface area contributed by atoms with Crippen LogP contribution in [0.5, 0.6) is 0 Å². The van der Waals surface area contributed by atoms with Gasteiger partial charge in [0.2, 0.25) is 0 Å². The van der Waals surface area contributed by atoms with Crippen LogP contribution in [-0.4, -0.2) is 11.1 Å². The molecular formula is C6H6Cl2O2. The van der Waals surface area contributed by atoms with Gasteiger partial charge in [-0.1, -0.05) is 23.2 Å². The Morgan fingerprint density at radius 2 is 2.20 bits per heavy atom. The fourth-order valence-corrected chi connectivity index (χ4v) is 1.26. The maximum absolute atomic E-state index is 10.3. The first kappa shape index (κ1) is 7.89. The lowest BCUT2D eigenvalue weighted by molar-refractivity contribution is -0.138. The van der Waals surface area contributed by atoms with Crippen molar-refractivity contribution >= 4 is 29.2 Å². The van der Waals surface area contributed by atoms with E-state index in [4.69, 9.17) is 28.3 Å². The highest BCUT2D eigenvalue weighted by Crippen LogP contribution is 2.45. The molecule has 0 aromatic carbocycles. The second kappa shape index (κ2) is 2.81. The van der Waals surface area contributed by atoms with Gasteiger partial charge in [-0.25, -0.2) is 0 Å². The average molecular weight is 181 g/mol. The molecule has 1 aliphatic carbocycles. The number of aliphatic carboxylic acids is 1. The molecule has 2 atom stereocenters. The van der Waals surface area contributed by atoms with Gasteiger partial charge in [0, 0.05) is 16.5 Å². The normalized spacial score (nSPS) is 32.0. The number of carboxylic acid groups (broad SMARTS) is 1. The fourth-order valence-electron chi connectivity index (χ4n) is 0.854. The van der Waals surface area contributed by atoms with Gasteiger partial charge in [-0.15, -0.1) is 0 Å². The fraction of sp³-hybridized carbons (Fsp3) is 0.500. The zero-order chi connectivity index (χ0) is 7.72. The number of hydrogen-bond donors (Lipinski definition) is 1. The summed E-state index contributed by atoms with van der Waals surface area (Å²) < 4.78 is 0. The van der Waals surface area contributed by atoms with Crippen LogP contribution in [-0.2, 0) is 4.79 Å². The highest BCUT2D eigenvalue weighted by molar-refractivity contribution is 6.37. The summed E-state index contributed by atoms with van der Waals surface area (Å²) in [4.78, 5) is 10.3. The minimum Gasteiger partial charge on any atom is -0.481 e. The van der Waals surface area contributed by atoms with Crippen molar-refractivity contribution in [3.05, 3.63) is 10.6 Å². The van der Waals surface area contributed by atoms with Crippen LogP contribution < -0.4 is 0 Å². The summed E-state index contributed by atoms with van der Waals surface area (Å²) in [6.45, 7) is 0. The Hall–Kier alpha value is -0.210. The molecule has 4 heteroatoms. The summed E-state index contributed by atoms with van der Waals surface area (Å²) in [5.41, 5.74) is 1.23. The first-order valence-electron chi connectivity index (χ1n) is 2.85. The molecule has 1 N–H and O–H groups in total. The second-order valence-electron chi connectivity index (χ2n) is 2.28. The van der Waals surface area contributed by atoms with Gasteiger partial charge in [-0.3, -0.25) is 4.79 Å². The average Bonchev–Trinajstić information content (AvgIpc) is 2.64. The predicted molar refractivity (Wildman–Crippen MR) is 39.0 cm³/mol. The van der Waals surface area contributed by atoms with Crippen molar-refractivity contribution in [1.29, 1.82) is 0 Å². The number of hydrogen-bond acceptors (Lipinski definition) is 1. The Morgan fingerprint density at radius 1 is 1.60 bits per heavy atom. The topological polar surface area (TPSA) is 37.3 Å². The lowest BCUT2D eigenvalue weighted by Crippen LogP contribution is -1.99. The van der Waals surface area contributed by atoms with Crippen LogP contribution in [0.2, 0.25) is 0 Å². The van der Waals surface area contributed by atoms with Gasteiger partial charge < -0.3 is 5.11 Å². The standard InChI is InChI=1S/C6H6Cl2O2/c7-2-5(8)3-1-4(3)6(9)10/h2-4H,1H2,(H,9,10)/b5-2-. The molecule has 0 radical (unpaired) electrons. The van der Waals surface area contributed by atoms with Gasteiger partial charge in [0.25, 0.3) is 0 Å². The number of allylic oxidation sites excluding steroid dienone is 1. The van der Waals surface area contributed by atoms with E-state index in [2.05, 4.69) is 0 Å². The van der Waals surface area contributed by atoms with Gasteiger partial charge >= 0.3 is 5.97 Å². The largest absolute Gasteiger partial charge is 0.481 e. The summed E-state index contributed by atoms with van der Waals surface area (Å²) in [5.74, 6) is -1.12. The van der Waals surface area contributed by atoms with Crippen molar-refractivity contribution in [3.63, 3.8) is 0 Å². The minimum absolute atomic E-state index is 0.0309. The molecule has 2 nitrogen and oxygen atoms in total. The lowest BCUT2D eigenvalue weighted by Gasteiger charge is -1.89. The first-order valence-corrected chi connectivity index (χ1v) is 3.67. The van der Waals surface area contributed by atoms with E-state index in [1.54, 1.807) is 0 Å². The molecule has 0 aromatic rings. The van der Waals surface area contributed by atoms with E-state index < -0.39 is 5.97 Å². The molecule has 1 fully saturated rings. The molecule has 1 saturated carbocycles. The van der Waals surface area contributed by atoms with Crippen LogP contribution in [0.25, 0.3) is 0 Å². The van der Waals surface area contributed by atoms with Gasteiger partial charge in [0.1, 0.15) is 0 Å². The Labute approximate surface area is 68.4 Å². The monoisotopic (exact) mass is 180 g/mol. The Kier molecular flexibility index (Phi) is 2.21. The third kappa shape index (κ3) is 1.44. The molecule has 0 bridgehead atoms. The summed E-state index contributed by atoms with van der Waals surface area (Å²) in [6.07, 6.45) is 0.622. The third-order valence-corrected chi connectivity index (χ3v) is 2.30. The summed E-state index contributed by atoms with van der Waals surface area (Å²) >= 11 is 10.8. The summed E-state index contributed by atoms with van der Waals surface area (Å²) in [6, 6.07) is 0. The van der Waals surface area contributed by atoms with Gasteiger partial charge in [0.15, 0.2) is 0 Å². The number of carbonyl (C=O) groups is 1. The molecule has 0 aromatic heterocycles. The van der Waals surface area contributed by atoms with Crippen molar-refractivity contribution in [2.75, 3.05) is 0 Å². The molecule has 0 saturated heterocycles. The maximum atomic E-state index is 10.3. The van der Waals surface area contributed by atoms with Crippen LogP contribution in [0.15, 0.2) is 10.6 Å². The lowest BCUT2D eigenvalue weighted by atomic mass is 10.3. The summed E-state index contributed by atoms with van der Waals surface area (Å²) in [5, 5.41) is 8.89. The van der Waals surface area contributed by atoms with Crippen LogP contribution in [0.3, 0.4) is 0 Å².